The molecular formula is C11H8BrF5OS. The van der Waals surface area contributed by atoms with Gasteiger partial charge in [0, 0.05) is 27.8 Å². The third-order valence-corrected chi connectivity index (χ3v) is 3.34. The predicted molar refractivity (Wildman–Crippen MR) is 66.1 cm³/mol. The fraction of sp³-hybridized carbons (Fsp3) is 0.364. The van der Waals surface area contributed by atoms with Crippen molar-refractivity contribution in [2.75, 3.05) is 5.33 Å². The number of rotatable bonds is 5. The Bertz CT molecular complexity index is 461. The van der Waals surface area contributed by atoms with Gasteiger partial charge in [0.2, 0.25) is 0 Å². The van der Waals surface area contributed by atoms with Crippen molar-refractivity contribution in [1.29, 1.82) is 0 Å². The van der Waals surface area contributed by atoms with Crippen LogP contribution >= 0.6 is 27.7 Å². The summed E-state index contributed by atoms with van der Waals surface area (Å²) in [5.41, 5.74) is -5.89. The maximum Gasteiger partial charge on any atom is 0.446 e. The van der Waals surface area contributed by atoms with Gasteiger partial charge in [-0.25, -0.2) is 8.78 Å². The Morgan fingerprint density at radius 2 is 1.95 bits per heavy atom. The average Bonchev–Trinajstić information content (AvgIpc) is 2.26. The Hall–Kier alpha value is -0.630. The van der Waals surface area contributed by atoms with E-state index in [2.05, 4.69) is 15.9 Å². The lowest BCUT2D eigenvalue weighted by Gasteiger charge is -2.14. The van der Waals surface area contributed by atoms with Crippen molar-refractivity contribution in [3.63, 3.8) is 0 Å². The molecule has 8 heteroatoms. The second-order valence-electron chi connectivity index (χ2n) is 3.43. The first-order valence-electron chi connectivity index (χ1n) is 5.02. The molecule has 19 heavy (non-hydrogen) atoms. The van der Waals surface area contributed by atoms with Gasteiger partial charge in [-0.2, -0.15) is 13.2 Å². The van der Waals surface area contributed by atoms with Crippen LogP contribution in [0.1, 0.15) is 28.8 Å². The summed E-state index contributed by atoms with van der Waals surface area (Å²) in [7, 11) is 0. The van der Waals surface area contributed by atoms with Crippen molar-refractivity contribution in [3.8, 4) is 0 Å². The van der Waals surface area contributed by atoms with E-state index in [1.807, 2.05) is 0 Å². The Morgan fingerprint density at radius 1 is 1.32 bits per heavy atom. The van der Waals surface area contributed by atoms with Gasteiger partial charge in [0.25, 0.3) is 6.43 Å². The van der Waals surface area contributed by atoms with Gasteiger partial charge in [-0.05, 0) is 17.8 Å². The molecule has 0 aliphatic rings. The molecule has 0 bridgehead atoms. The van der Waals surface area contributed by atoms with Gasteiger partial charge < -0.3 is 0 Å². The van der Waals surface area contributed by atoms with Crippen molar-refractivity contribution < 1.29 is 26.7 Å². The Labute approximate surface area is 118 Å². The van der Waals surface area contributed by atoms with Crippen LogP contribution in [0.3, 0.4) is 0 Å². The molecule has 0 saturated carbocycles. The fourth-order valence-corrected chi connectivity index (χ4v) is 2.51. The molecule has 0 radical (unpaired) electrons. The molecule has 1 aromatic rings. The molecule has 1 nitrogen and oxygen atoms in total. The quantitative estimate of drug-likeness (QED) is 0.309. The number of carbonyl (C=O) groups is 1. The number of benzene rings is 1. The molecule has 0 aromatic heterocycles. The molecule has 0 fully saturated rings. The van der Waals surface area contributed by atoms with E-state index >= 15 is 0 Å². The first-order valence-corrected chi connectivity index (χ1v) is 6.96. The number of thioether (sulfide) groups is 1. The van der Waals surface area contributed by atoms with Crippen LogP contribution in [0.25, 0.3) is 0 Å². The lowest BCUT2D eigenvalue weighted by atomic mass is 10.0. The molecule has 106 valence electrons. The molecule has 0 heterocycles. The van der Waals surface area contributed by atoms with E-state index in [0.29, 0.717) is 0 Å². The van der Waals surface area contributed by atoms with Gasteiger partial charge in [0.05, 0.1) is 0 Å². The van der Waals surface area contributed by atoms with Gasteiger partial charge in [-0.15, -0.1) is 0 Å². The number of ketones is 1. The van der Waals surface area contributed by atoms with Crippen LogP contribution < -0.4 is 0 Å². The SMILES string of the molecule is O=C(CCBr)c1cccc(SC(F)(F)F)c1C(F)F. The minimum Gasteiger partial charge on any atom is -0.294 e. The smallest absolute Gasteiger partial charge is 0.294 e. The fourth-order valence-electron chi connectivity index (χ4n) is 1.45. The normalized spacial score (nSPS) is 11.9. The maximum atomic E-state index is 12.9. The zero-order valence-electron chi connectivity index (χ0n) is 9.31. The first-order chi connectivity index (χ1) is 8.76. The number of Topliss-reactive ketones (excluding diaryl/α,β-unsaturated/α-hetero) is 1. The van der Waals surface area contributed by atoms with Gasteiger partial charge >= 0.3 is 5.51 Å². The van der Waals surface area contributed by atoms with Crippen molar-refractivity contribution >= 4 is 33.5 Å². The van der Waals surface area contributed by atoms with Crippen LogP contribution in [-0.2, 0) is 0 Å². The molecule has 0 atom stereocenters. The van der Waals surface area contributed by atoms with Crippen LogP contribution in [0.4, 0.5) is 22.0 Å². The number of carbonyl (C=O) groups excluding carboxylic acids is 1. The maximum absolute atomic E-state index is 12.9. The minimum atomic E-state index is -4.68. The van der Waals surface area contributed by atoms with Crippen LogP contribution in [0, 0.1) is 0 Å². The molecule has 0 spiro atoms. The number of hydrogen-bond donors (Lipinski definition) is 0. The molecule has 1 aromatic carbocycles. The van der Waals surface area contributed by atoms with Gasteiger partial charge in [-0.3, -0.25) is 4.79 Å². The van der Waals surface area contributed by atoms with E-state index < -0.39 is 39.9 Å². The third kappa shape index (κ3) is 4.76. The summed E-state index contributed by atoms with van der Waals surface area (Å²) in [4.78, 5) is 11.0. The monoisotopic (exact) mass is 362 g/mol. The van der Waals surface area contributed by atoms with Crippen molar-refractivity contribution in [2.24, 2.45) is 0 Å². The zero-order chi connectivity index (χ0) is 14.6. The Kier molecular flexibility index (Phi) is 5.79. The van der Waals surface area contributed by atoms with Crippen LogP contribution in [0.15, 0.2) is 23.1 Å². The molecule has 1 rings (SSSR count). The van der Waals surface area contributed by atoms with Crippen molar-refractivity contribution in [3.05, 3.63) is 29.3 Å². The van der Waals surface area contributed by atoms with E-state index in [-0.39, 0.29) is 17.3 Å². The average molecular weight is 363 g/mol. The number of halogens is 6. The molecular weight excluding hydrogens is 355 g/mol. The summed E-state index contributed by atoms with van der Waals surface area (Å²) in [5.74, 6) is -0.614. The summed E-state index contributed by atoms with van der Waals surface area (Å²) in [6.07, 6.45) is -3.19. The zero-order valence-corrected chi connectivity index (χ0v) is 11.7. The number of alkyl halides is 6. The van der Waals surface area contributed by atoms with E-state index in [0.717, 1.165) is 12.1 Å². The Balaban J connectivity index is 3.26. The van der Waals surface area contributed by atoms with Crippen LogP contribution in [0.2, 0.25) is 0 Å². The molecule has 0 saturated heterocycles. The molecule has 0 unspecified atom stereocenters. The molecule has 0 aliphatic carbocycles. The summed E-state index contributed by atoms with van der Waals surface area (Å²) in [5, 5.41) is 0.255. The first kappa shape index (κ1) is 16.4. The van der Waals surface area contributed by atoms with E-state index in [9.17, 15) is 26.7 Å². The molecule has 0 amide bonds. The van der Waals surface area contributed by atoms with Crippen molar-refractivity contribution in [2.45, 2.75) is 23.3 Å². The summed E-state index contributed by atoms with van der Waals surface area (Å²) >= 11 is 2.34. The highest BCUT2D eigenvalue weighted by Crippen LogP contribution is 2.42. The highest BCUT2D eigenvalue weighted by Gasteiger charge is 2.33. The summed E-state index contributed by atoms with van der Waals surface area (Å²) < 4.78 is 62.7. The standard InChI is InChI=1S/C11H8BrF5OS/c12-5-4-7(18)6-2-1-3-8(9(6)10(13)14)19-11(15,16)17/h1-3,10H,4-5H2. The third-order valence-electron chi connectivity index (χ3n) is 2.13. The molecule has 0 N–H and O–H groups in total. The van der Waals surface area contributed by atoms with E-state index in [1.54, 1.807) is 0 Å². The van der Waals surface area contributed by atoms with Gasteiger partial charge in [0.1, 0.15) is 0 Å². The lowest BCUT2D eigenvalue weighted by Crippen LogP contribution is -2.08. The summed E-state index contributed by atoms with van der Waals surface area (Å²) in [6.45, 7) is 0. The summed E-state index contributed by atoms with van der Waals surface area (Å²) in [6, 6.07) is 3.22. The van der Waals surface area contributed by atoms with Gasteiger partial charge in [0.15, 0.2) is 5.78 Å². The van der Waals surface area contributed by atoms with Crippen LogP contribution in [-0.4, -0.2) is 16.6 Å². The largest absolute Gasteiger partial charge is 0.446 e. The molecule has 0 aliphatic heterocycles. The second-order valence-corrected chi connectivity index (χ2v) is 5.33. The predicted octanol–water partition coefficient (Wildman–Crippen LogP) is 5.20. The lowest BCUT2D eigenvalue weighted by molar-refractivity contribution is -0.0329. The number of hydrogen-bond acceptors (Lipinski definition) is 2. The highest BCUT2D eigenvalue weighted by molar-refractivity contribution is 9.09. The minimum absolute atomic E-state index is 0.0557. The van der Waals surface area contributed by atoms with E-state index in [4.69, 9.17) is 0 Å². The van der Waals surface area contributed by atoms with Crippen molar-refractivity contribution in [1.82, 2.24) is 0 Å². The van der Waals surface area contributed by atoms with Crippen LogP contribution in [0.5, 0.6) is 0 Å². The second kappa shape index (κ2) is 6.69. The van der Waals surface area contributed by atoms with E-state index in [1.165, 1.54) is 6.07 Å². The Morgan fingerprint density at radius 3 is 2.42 bits per heavy atom. The van der Waals surface area contributed by atoms with Gasteiger partial charge in [-0.1, -0.05) is 28.1 Å². The topological polar surface area (TPSA) is 17.1 Å². The highest BCUT2D eigenvalue weighted by atomic mass is 79.9.